The zero-order valence-electron chi connectivity index (χ0n) is 8.13. The Morgan fingerprint density at radius 2 is 2.21 bits per heavy atom. The van der Waals surface area contributed by atoms with Crippen molar-refractivity contribution in [2.24, 2.45) is 0 Å². The molecule has 0 radical (unpaired) electrons. The highest BCUT2D eigenvalue weighted by atomic mass is 79.9. The van der Waals surface area contributed by atoms with Gasteiger partial charge in [-0.3, -0.25) is 0 Å². The molecule has 0 atom stereocenters. The summed E-state index contributed by atoms with van der Waals surface area (Å²) in [7, 11) is 0. The maximum Gasteiger partial charge on any atom is 0.0535 e. The molecule has 0 bridgehead atoms. The SMILES string of the molecule is C=C(Br)Cn1ccc2c(C)cccc21. The van der Waals surface area contributed by atoms with Gasteiger partial charge < -0.3 is 4.57 Å². The summed E-state index contributed by atoms with van der Waals surface area (Å²) in [4.78, 5) is 0. The normalized spacial score (nSPS) is 10.7. The second kappa shape index (κ2) is 3.62. The van der Waals surface area contributed by atoms with Gasteiger partial charge in [0.1, 0.15) is 0 Å². The summed E-state index contributed by atoms with van der Waals surface area (Å²) in [5.74, 6) is 0. The lowest BCUT2D eigenvalue weighted by Gasteiger charge is -2.03. The molecule has 2 rings (SSSR count). The monoisotopic (exact) mass is 249 g/mol. The van der Waals surface area contributed by atoms with E-state index in [0.29, 0.717) is 0 Å². The van der Waals surface area contributed by atoms with Gasteiger partial charge in [-0.15, -0.1) is 0 Å². The lowest BCUT2D eigenvalue weighted by atomic mass is 10.1. The number of aryl methyl sites for hydroxylation is 1. The Morgan fingerprint density at radius 1 is 1.43 bits per heavy atom. The highest BCUT2D eigenvalue weighted by Gasteiger charge is 2.02. The van der Waals surface area contributed by atoms with Gasteiger partial charge in [0.25, 0.3) is 0 Å². The van der Waals surface area contributed by atoms with Crippen molar-refractivity contribution in [2.45, 2.75) is 13.5 Å². The Kier molecular flexibility index (Phi) is 2.46. The van der Waals surface area contributed by atoms with E-state index in [1.54, 1.807) is 0 Å². The minimum Gasteiger partial charge on any atom is -0.343 e. The fourth-order valence-corrected chi connectivity index (χ4v) is 1.97. The molecule has 0 unspecified atom stereocenters. The third-order valence-electron chi connectivity index (χ3n) is 2.37. The minimum atomic E-state index is 0.826. The molecule has 0 saturated heterocycles. The van der Waals surface area contributed by atoms with Crippen molar-refractivity contribution in [1.82, 2.24) is 4.57 Å². The van der Waals surface area contributed by atoms with E-state index in [1.165, 1.54) is 16.5 Å². The molecule has 2 aromatic rings. The van der Waals surface area contributed by atoms with E-state index in [4.69, 9.17) is 0 Å². The van der Waals surface area contributed by atoms with Crippen molar-refractivity contribution in [3.05, 3.63) is 47.1 Å². The number of aromatic nitrogens is 1. The Hall–Kier alpha value is -1.02. The van der Waals surface area contributed by atoms with E-state index in [9.17, 15) is 0 Å². The lowest BCUT2D eigenvalue weighted by Crippen LogP contribution is -1.94. The van der Waals surface area contributed by atoms with Crippen LogP contribution in [0.5, 0.6) is 0 Å². The average molecular weight is 250 g/mol. The van der Waals surface area contributed by atoms with Gasteiger partial charge in [-0.1, -0.05) is 34.6 Å². The van der Waals surface area contributed by atoms with Crippen molar-refractivity contribution in [3.8, 4) is 0 Å². The van der Waals surface area contributed by atoms with Crippen molar-refractivity contribution in [2.75, 3.05) is 0 Å². The molecule has 0 amide bonds. The first-order chi connectivity index (χ1) is 6.68. The summed E-state index contributed by atoms with van der Waals surface area (Å²) in [6, 6.07) is 8.51. The van der Waals surface area contributed by atoms with Gasteiger partial charge in [-0.05, 0) is 24.6 Å². The summed E-state index contributed by atoms with van der Waals surface area (Å²) in [5.41, 5.74) is 2.59. The molecular weight excluding hydrogens is 238 g/mol. The topological polar surface area (TPSA) is 4.93 Å². The Labute approximate surface area is 92.2 Å². The molecule has 0 spiro atoms. The van der Waals surface area contributed by atoms with E-state index < -0.39 is 0 Å². The van der Waals surface area contributed by atoms with Gasteiger partial charge in [-0.2, -0.15) is 0 Å². The van der Waals surface area contributed by atoms with E-state index in [-0.39, 0.29) is 0 Å². The third-order valence-corrected chi connectivity index (χ3v) is 2.62. The smallest absolute Gasteiger partial charge is 0.0535 e. The molecule has 0 saturated carbocycles. The molecule has 1 nitrogen and oxygen atoms in total. The van der Waals surface area contributed by atoms with Crippen LogP contribution in [0.3, 0.4) is 0 Å². The molecule has 72 valence electrons. The van der Waals surface area contributed by atoms with Gasteiger partial charge in [-0.25, -0.2) is 0 Å². The van der Waals surface area contributed by atoms with Crippen LogP contribution in [0.25, 0.3) is 10.9 Å². The van der Waals surface area contributed by atoms with Crippen LogP contribution in [0.15, 0.2) is 41.5 Å². The minimum absolute atomic E-state index is 0.826. The molecule has 0 fully saturated rings. The van der Waals surface area contributed by atoms with Gasteiger partial charge >= 0.3 is 0 Å². The molecule has 0 aliphatic carbocycles. The number of allylic oxidation sites excluding steroid dienone is 1. The highest BCUT2D eigenvalue weighted by molar-refractivity contribution is 9.11. The second-order valence-corrected chi connectivity index (χ2v) is 4.59. The maximum absolute atomic E-state index is 3.86. The van der Waals surface area contributed by atoms with Crippen LogP contribution in [-0.2, 0) is 6.54 Å². The van der Waals surface area contributed by atoms with Gasteiger partial charge in [0.2, 0.25) is 0 Å². The summed E-state index contributed by atoms with van der Waals surface area (Å²) in [6.45, 7) is 6.82. The average Bonchev–Trinajstić information content (AvgIpc) is 2.49. The zero-order valence-corrected chi connectivity index (χ0v) is 9.71. The quantitative estimate of drug-likeness (QED) is 0.762. The molecule has 1 aromatic carbocycles. The molecule has 2 heteroatoms. The first-order valence-electron chi connectivity index (χ1n) is 4.56. The number of hydrogen-bond acceptors (Lipinski definition) is 0. The number of rotatable bonds is 2. The van der Waals surface area contributed by atoms with Crippen LogP contribution in [0.2, 0.25) is 0 Å². The molecule has 1 aromatic heterocycles. The van der Waals surface area contributed by atoms with Crippen LogP contribution >= 0.6 is 15.9 Å². The van der Waals surface area contributed by atoms with Gasteiger partial charge in [0.05, 0.1) is 6.54 Å². The van der Waals surface area contributed by atoms with E-state index in [0.717, 1.165) is 11.0 Å². The number of halogens is 1. The van der Waals surface area contributed by atoms with Crippen molar-refractivity contribution in [3.63, 3.8) is 0 Å². The lowest BCUT2D eigenvalue weighted by molar-refractivity contribution is 0.858. The zero-order chi connectivity index (χ0) is 10.1. The largest absolute Gasteiger partial charge is 0.343 e. The number of hydrogen-bond donors (Lipinski definition) is 0. The first-order valence-corrected chi connectivity index (χ1v) is 5.35. The van der Waals surface area contributed by atoms with Crippen LogP contribution in [0, 0.1) is 6.92 Å². The summed E-state index contributed by atoms with van der Waals surface area (Å²) >= 11 is 3.38. The van der Waals surface area contributed by atoms with E-state index in [2.05, 4.69) is 64.5 Å². The van der Waals surface area contributed by atoms with Crippen LogP contribution in [0.1, 0.15) is 5.56 Å². The summed E-state index contributed by atoms with van der Waals surface area (Å²) < 4.78 is 3.19. The Bertz CT molecular complexity index is 482. The Morgan fingerprint density at radius 3 is 2.93 bits per heavy atom. The first kappa shape index (κ1) is 9.53. The van der Waals surface area contributed by atoms with Gasteiger partial charge in [0.15, 0.2) is 0 Å². The molecule has 0 N–H and O–H groups in total. The van der Waals surface area contributed by atoms with Crippen molar-refractivity contribution < 1.29 is 0 Å². The predicted octanol–water partition coefficient (Wildman–Crippen LogP) is 3.86. The van der Waals surface area contributed by atoms with Crippen LogP contribution in [0.4, 0.5) is 0 Å². The number of nitrogens with zero attached hydrogens (tertiary/aromatic N) is 1. The standard InChI is InChI=1S/C12H12BrN/c1-9-4-3-5-12-11(9)6-7-14(12)8-10(2)13/h3-7H,2,8H2,1H3. The van der Waals surface area contributed by atoms with Crippen LogP contribution in [-0.4, -0.2) is 4.57 Å². The van der Waals surface area contributed by atoms with Crippen LogP contribution < -0.4 is 0 Å². The maximum atomic E-state index is 3.86. The van der Waals surface area contributed by atoms with Crippen molar-refractivity contribution in [1.29, 1.82) is 0 Å². The highest BCUT2D eigenvalue weighted by Crippen LogP contribution is 2.20. The Balaban J connectivity index is 2.58. The summed E-state index contributed by atoms with van der Waals surface area (Å²) in [5, 5.41) is 1.32. The third kappa shape index (κ3) is 1.62. The van der Waals surface area contributed by atoms with E-state index in [1.807, 2.05) is 0 Å². The second-order valence-electron chi connectivity index (χ2n) is 3.47. The molecule has 0 aliphatic heterocycles. The molecule has 1 heterocycles. The number of fused-ring (bicyclic) bond motifs is 1. The van der Waals surface area contributed by atoms with E-state index >= 15 is 0 Å². The predicted molar refractivity (Wildman–Crippen MR) is 64.7 cm³/mol. The summed E-state index contributed by atoms with van der Waals surface area (Å²) in [6.07, 6.45) is 2.10. The van der Waals surface area contributed by atoms with Gasteiger partial charge in [0, 0.05) is 21.6 Å². The molecule has 0 aliphatic rings. The molecule has 14 heavy (non-hydrogen) atoms. The van der Waals surface area contributed by atoms with Crippen molar-refractivity contribution >= 4 is 26.8 Å². The fourth-order valence-electron chi connectivity index (χ4n) is 1.70. The number of benzene rings is 1. The molecular formula is C12H12BrN. The fraction of sp³-hybridized carbons (Fsp3) is 0.167.